The molecule has 2 fully saturated rings. The molecule has 2 aromatic rings. The molecule has 148 valence electrons. The smallest absolute Gasteiger partial charge is 0.317 e. The number of nitrogens with zero attached hydrogens (tertiary/aromatic N) is 3. The van der Waals surface area contributed by atoms with Crippen molar-refractivity contribution in [1.29, 1.82) is 0 Å². The van der Waals surface area contributed by atoms with E-state index in [1.54, 1.807) is 6.26 Å². The van der Waals surface area contributed by atoms with Crippen LogP contribution in [0.5, 0.6) is 0 Å². The summed E-state index contributed by atoms with van der Waals surface area (Å²) in [6.07, 6.45) is 3.70. The molecule has 2 unspecified atom stereocenters. The number of hydrogen-bond acceptors (Lipinski definition) is 4. The van der Waals surface area contributed by atoms with E-state index in [9.17, 15) is 9.59 Å². The van der Waals surface area contributed by atoms with Gasteiger partial charge in [0.1, 0.15) is 6.26 Å². The molecule has 28 heavy (non-hydrogen) atoms. The maximum Gasteiger partial charge on any atom is 0.317 e. The largest absolute Gasteiger partial charge is 0.365 e. The third-order valence-corrected chi connectivity index (χ3v) is 5.95. The van der Waals surface area contributed by atoms with E-state index in [0.717, 1.165) is 24.1 Å². The molecule has 2 aliphatic rings. The van der Waals surface area contributed by atoms with Crippen molar-refractivity contribution in [3.63, 3.8) is 0 Å². The lowest BCUT2D eigenvalue weighted by atomic mass is 9.94. The van der Waals surface area contributed by atoms with Crippen molar-refractivity contribution in [2.45, 2.75) is 50.7 Å². The molecule has 1 aromatic carbocycles. The number of benzene rings is 1. The molecule has 0 saturated carbocycles. The fourth-order valence-corrected chi connectivity index (χ4v) is 4.16. The van der Waals surface area contributed by atoms with Crippen LogP contribution in [0.25, 0.3) is 0 Å². The van der Waals surface area contributed by atoms with Crippen LogP contribution in [0.3, 0.4) is 0 Å². The SMILES string of the molecule is CC1C(NC(=O)N2CCC(c3ccon3)CC2)CC(=O)N1Cc1ccccc1. The summed E-state index contributed by atoms with van der Waals surface area (Å²) in [5, 5.41) is 7.10. The Morgan fingerprint density at radius 3 is 2.64 bits per heavy atom. The number of piperidine rings is 1. The van der Waals surface area contributed by atoms with Crippen molar-refractivity contribution in [3.05, 3.63) is 53.9 Å². The molecule has 7 nitrogen and oxygen atoms in total. The van der Waals surface area contributed by atoms with Gasteiger partial charge in [0.05, 0.1) is 17.8 Å². The highest BCUT2D eigenvalue weighted by Crippen LogP contribution is 2.27. The van der Waals surface area contributed by atoms with E-state index in [1.807, 2.05) is 53.1 Å². The Hall–Kier alpha value is -2.83. The summed E-state index contributed by atoms with van der Waals surface area (Å²) >= 11 is 0. The van der Waals surface area contributed by atoms with Gasteiger partial charge in [-0.3, -0.25) is 4.79 Å². The Bertz CT molecular complexity index is 800. The zero-order valence-corrected chi connectivity index (χ0v) is 16.1. The third-order valence-electron chi connectivity index (χ3n) is 5.95. The van der Waals surface area contributed by atoms with Crippen LogP contribution in [0.2, 0.25) is 0 Å². The predicted octanol–water partition coefficient (Wildman–Crippen LogP) is 2.75. The van der Waals surface area contributed by atoms with Crippen molar-refractivity contribution >= 4 is 11.9 Å². The Morgan fingerprint density at radius 2 is 1.96 bits per heavy atom. The Balaban J connectivity index is 1.30. The summed E-state index contributed by atoms with van der Waals surface area (Å²) in [5.74, 6) is 0.433. The lowest BCUT2D eigenvalue weighted by Crippen LogP contribution is -2.50. The highest BCUT2D eigenvalue weighted by Gasteiger charge is 2.38. The van der Waals surface area contributed by atoms with Gasteiger partial charge >= 0.3 is 6.03 Å². The van der Waals surface area contributed by atoms with Gasteiger partial charge in [0.25, 0.3) is 0 Å². The molecule has 0 aliphatic carbocycles. The van der Waals surface area contributed by atoms with Crippen LogP contribution in [0.4, 0.5) is 4.79 Å². The second kappa shape index (κ2) is 8.04. The number of nitrogens with one attached hydrogen (secondary N) is 1. The minimum Gasteiger partial charge on any atom is -0.365 e. The van der Waals surface area contributed by atoms with E-state index in [0.29, 0.717) is 32.0 Å². The number of amides is 3. The second-order valence-electron chi connectivity index (χ2n) is 7.69. The van der Waals surface area contributed by atoms with Gasteiger partial charge < -0.3 is 19.6 Å². The van der Waals surface area contributed by atoms with Crippen LogP contribution >= 0.6 is 0 Å². The first-order chi connectivity index (χ1) is 13.6. The average molecular weight is 382 g/mol. The van der Waals surface area contributed by atoms with E-state index in [1.165, 1.54) is 0 Å². The number of carbonyl (C=O) groups is 2. The first-order valence-corrected chi connectivity index (χ1v) is 9.91. The van der Waals surface area contributed by atoms with E-state index in [2.05, 4.69) is 10.5 Å². The lowest BCUT2D eigenvalue weighted by molar-refractivity contribution is -0.129. The van der Waals surface area contributed by atoms with Crippen molar-refractivity contribution in [3.8, 4) is 0 Å². The molecule has 2 aliphatic heterocycles. The maximum absolute atomic E-state index is 12.7. The van der Waals surface area contributed by atoms with Gasteiger partial charge in [-0.1, -0.05) is 35.5 Å². The van der Waals surface area contributed by atoms with Crippen molar-refractivity contribution in [2.24, 2.45) is 0 Å². The van der Waals surface area contributed by atoms with Crippen LogP contribution in [0.1, 0.15) is 43.4 Å². The van der Waals surface area contributed by atoms with Gasteiger partial charge in [-0.2, -0.15) is 0 Å². The molecule has 3 heterocycles. The fraction of sp³-hybridized carbons (Fsp3) is 0.476. The van der Waals surface area contributed by atoms with Crippen molar-refractivity contribution < 1.29 is 14.1 Å². The Kier molecular flexibility index (Phi) is 5.32. The van der Waals surface area contributed by atoms with E-state index < -0.39 is 0 Å². The van der Waals surface area contributed by atoms with Gasteiger partial charge in [-0.15, -0.1) is 0 Å². The maximum atomic E-state index is 12.7. The molecule has 2 saturated heterocycles. The quantitative estimate of drug-likeness (QED) is 0.882. The highest BCUT2D eigenvalue weighted by atomic mass is 16.5. The lowest BCUT2D eigenvalue weighted by Gasteiger charge is -2.33. The van der Waals surface area contributed by atoms with Gasteiger partial charge in [0.15, 0.2) is 0 Å². The molecule has 1 N–H and O–H groups in total. The number of rotatable bonds is 4. The van der Waals surface area contributed by atoms with Gasteiger partial charge in [-0.05, 0) is 25.3 Å². The minimum atomic E-state index is -0.156. The van der Waals surface area contributed by atoms with E-state index in [-0.39, 0.29) is 24.0 Å². The van der Waals surface area contributed by atoms with Crippen LogP contribution in [0, 0.1) is 0 Å². The van der Waals surface area contributed by atoms with Crippen LogP contribution in [-0.2, 0) is 11.3 Å². The number of aromatic nitrogens is 1. The molecule has 3 amide bonds. The van der Waals surface area contributed by atoms with Crippen molar-refractivity contribution in [2.75, 3.05) is 13.1 Å². The third kappa shape index (κ3) is 3.88. The first kappa shape index (κ1) is 18.5. The van der Waals surface area contributed by atoms with Crippen LogP contribution in [0.15, 0.2) is 47.2 Å². The number of carbonyl (C=O) groups excluding carboxylic acids is 2. The fourth-order valence-electron chi connectivity index (χ4n) is 4.16. The molecular weight excluding hydrogens is 356 g/mol. The summed E-state index contributed by atoms with van der Waals surface area (Å²) in [6.45, 7) is 3.96. The molecule has 2 atom stereocenters. The molecule has 1 aromatic heterocycles. The number of likely N-dealkylation sites (tertiary alicyclic amines) is 2. The zero-order chi connectivity index (χ0) is 19.5. The van der Waals surface area contributed by atoms with E-state index >= 15 is 0 Å². The Morgan fingerprint density at radius 1 is 1.21 bits per heavy atom. The monoisotopic (exact) mass is 382 g/mol. The second-order valence-corrected chi connectivity index (χ2v) is 7.69. The minimum absolute atomic E-state index is 0.0238. The van der Waals surface area contributed by atoms with E-state index in [4.69, 9.17) is 4.52 Å². The van der Waals surface area contributed by atoms with Crippen LogP contribution in [-0.4, -0.2) is 52.1 Å². The Labute approximate surface area is 164 Å². The zero-order valence-electron chi connectivity index (χ0n) is 16.1. The topological polar surface area (TPSA) is 78.7 Å². The standard InChI is InChI=1S/C21H26N4O3/c1-15-19(13-20(26)25(15)14-16-5-3-2-4-6-16)22-21(27)24-10-7-17(8-11-24)18-9-12-28-23-18/h2-6,9,12,15,17,19H,7-8,10-11,13-14H2,1H3,(H,22,27). The van der Waals surface area contributed by atoms with Crippen molar-refractivity contribution in [1.82, 2.24) is 20.3 Å². The average Bonchev–Trinajstić information content (AvgIpc) is 3.34. The normalized spacial score (nSPS) is 23.2. The number of hydrogen-bond donors (Lipinski definition) is 1. The number of urea groups is 1. The highest BCUT2D eigenvalue weighted by molar-refractivity contribution is 5.82. The molecule has 7 heteroatoms. The van der Waals surface area contributed by atoms with Gasteiger partial charge in [0.2, 0.25) is 5.91 Å². The molecule has 0 spiro atoms. The molecule has 0 radical (unpaired) electrons. The van der Waals surface area contributed by atoms with Gasteiger partial charge in [-0.25, -0.2) is 4.79 Å². The molecule has 4 rings (SSSR count). The summed E-state index contributed by atoms with van der Waals surface area (Å²) in [5.41, 5.74) is 2.07. The molecule has 0 bridgehead atoms. The predicted molar refractivity (Wildman–Crippen MR) is 103 cm³/mol. The summed E-state index contributed by atoms with van der Waals surface area (Å²) in [6, 6.07) is 11.6. The summed E-state index contributed by atoms with van der Waals surface area (Å²) in [4.78, 5) is 28.9. The van der Waals surface area contributed by atoms with Crippen LogP contribution < -0.4 is 5.32 Å². The molecular formula is C21H26N4O3. The van der Waals surface area contributed by atoms with Gasteiger partial charge in [0, 0.05) is 38.0 Å². The summed E-state index contributed by atoms with van der Waals surface area (Å²) in [7, 11) is 0. The summed E-state index contributed by atoms with van der Waals surface area (Å²) < 4.78 is 4.93. The first-order valence-electron chi connectivity index (χ1n) is 9.91.